The number of carbonyl (C=O) groups excluding carboxylic acids is 2. The summed E-state index contributed by atoms with van der Waals surface area (Å²) in [6.07, 6.45) is 0. The topological polar surface area (TPSA) is 91.1 Å². The Morgan fingerprint density at radius 2 is 1.79 bits per heavy atom. The highest BCUT2D eigenvalue weighted by Gasteiger charge is 2.13. The number of pyridine rings is 1. The van der Waals surface area contributed by atoms with Gasteiger partial charge in [0.1, 0.15) is 5.56 Å². The van der Waals surface area contributed by atoms with E-state index < -0.39 is 11.5 Å². The number of halogens is 1. The van der Waals surface area contributed by atoms with Crippen LogP contribution >= 0.6 is 15.9 Å². The summed E-state index contributed by atoms with van der Waals surface area (Å²) in [6.45, 7) is 1.63. The molecule has 142 valence electrons. The van der Waals surface area contributed by atoms with Crippen LogP contribution in [-0.2, 0) is 4.79 Å². The van der Waals surface area contributed by atoms with Gasteiger partial charge >= 0.3 is 0 Å². The minimum Gasteiger partial charge on any atom is -0.343 e. The standard InChI is InChI=1S/C21H18BrN3O3/c1-13-11-15(22)7-9-17(13)24-19(26)12-23-20(27)16-8-10-18(25-21(16)28)14-5-3-2-4-6-14/h2-11H,12H2,1H3,(H,23,27)(H,24,26)(H,25,28). The summed E-state index contributed by atoms with van der Waals surface area (Å²) in [6, 6.07) is 17.9. The number of benzene rings is 2. The third-order valence-corrected chi connectivity index (χ3v) is 4.60. The fraction of sp³-hybridized carbons (Fsp3) is 0.0952. The number of aromatic nitrogens is 1. The second-order valence-corrected chi connectivity index (χ2v) is 7.09. The highest BCUT2D eigenvalue weighted by Crippen LogP contribution is 2.19. The van der Waals surface area contributed by atoms with Gasteiger partial charge in [-0.2, -0.15) is 0 Å². The SMILES string of the molecule is Cc1cc(Br)ccc1NC(=O)CNC(=O)c1ccc(-c2ccccc2)[nH]c1=O. The molecule has 0 aliphatic carbocycles. The fourth-order valence-corrected chi connectivity index (χ4v) is 3.13. The maximum absolute atomic E-state index is 12.3. The minimum absolute atomic E-state index is 0.0488. The predicted molar refractivity (Wildman–Crippen MR) is 112 cm³/mol. The van der Waals surface area contributed by atoms with E-state index in [0.717, 1.165) is 15.6 Å². The Balaban J connectivity index is 1.63. The van der Waals surface area contributed by atoms with Gasteiger partial charge in [-0.3, -0.25) is 14.4 Å². The first-order chi connectivity index (χ1) is 13.4. The second-order valence-electron chi connectivity index (χ2n) is 6.17. The highest BCUT2D eigenvalue weighted by atomic mass is 79.9. The van der Waals surface area contributed by atoms with Gasteiger partial charge in [0.05, 0.1) is 6.54 Å². The van der Waals surface area contributed by atoms with Crippen molar-refractivity contribution in [3.63, 3.8) is 0 Å². The van der Waals surface area contributed by atoms with Gasteiger partial charge in [0.2, 0.25) is 5.91 Å². The summed E-state index contributed by atoms with van der Waals surface area (Å²) < 4.78 is 0.912. The van der Waals surface area contributed by atoms with E-state index in [1.54, 1.807) is 12.1 Å². The molecule has 0 unspecified atom stereocenters. The minimum atomic E-state index is -0.608. The van der Waals surface area contributed by atoms with Crippen LogP contribution in [0.3, 0.4) is 0 Å². The summed E-state index contributed by atoms with van der Waals surface area (Å²) in [5.41, 5.74) is 2.45. The van der Waals surface area contributed by atoms with Crippen molar-refractivity contribution in [3.8, 4) is 11.3 Å². The predicted octanol–water partition coefficient (Wildman–Crippen LogP) is 3.48. The molecule has 0 spiro atoms. The molecule has 0 saturated carbocycles. The van der Waals surface area contributed by atoms with Crippen molar-refractivity contribution in [2.24, 2.45) is 0 Å². The lowest BCUT2D eigenvalue weighted by Gasteiger charge is -2.10. The molecule has 0 bridgehead atoms. The fourth-order valence-electron chi connectivity index (χ4n) is 2.66. The number of hydrogen-bond donors (Lipinski definition) is 3. The molecule has 0 aliphatic rings. The second kappa shape index (κ2) is 8.67. The van der Waals surface area contributed by atoms with E-state index in [1.165, 1.54) is 6.07 Å². The molecular weight excluding hydrogens is 422 g/mol. The quantitative estimate of drug-likeness (QED) is 0.568. The molecule has 0 fully saturated rings. The highest BCUT2D eigenvalue weighted by molar-refractivity contribution is 9.10. The Hall–Kier alpha value is -3.19. The molecular formula is C21H18BrN3O3. The van der Waals surface area contributed by atoms with E-state index in [2.05, 4.69) is 31.5 Å². The Labute approximate surface area is 170 Å². The number of H-pyrrole nitrogens is 1. The maximum Gasteiger partial charge on any atom is 0.261 e. The lowest BCUT2D eigenvalue weighted by atomic mass is 10.1. The zero-order chi connectivity index (χ0) is 20.1. The van der Waals surface area contributed by atoms with Gasteiger partial charge in [-0.25, -0.2) is 0 Å². The van der Waals surface area contributed by atoms with Crippen LogP contribution in [0.5, 0.6) is 0 Å². The van der Waals surface area contributed by atoms with Crippen molar-refractivity contribution in [1.29, 1.82) is 0 Å². The molecule has 3 rings (SSSR count). The van der Waals surface area contributed by atoms with Crippen LogP contribution in [0, 0.1) is 6.92 Å². The first-order valence-corrected chi connectivity index (χ1v) is 9.36. The van der Waals surface area contributed by atoms with Gasteiger partial charge in [0, 0.05) is 15.9 Å². The number of aryl methyl sites for hydroxylation is 1. The number of anilines is 1. The Kier molecular flexibility index (Phi) is 6.06. The number of amides is 2. The largest absolute Gasteiger partial charge is 0.343 e. The van der Waals surface area contributed by atoms with Gasteiger partial charge < -0.3 is 15.6 Å². The van der Waals surface area contributed by atoms with E-state index >= 15 is 0 Å². The van der Waals surface area contributed by atoms with E-state index in [1.807, 2.05) is 49.4 Å². The number of rotatable bonds is 5. The number of carbonyl (C=O) groups is 2. The van der Waals surface area contributed by atoms with Crippen LogP contribution in [0.15, 0.2) is 69.9 Å². The molecule has 0 atom stereocenters. The van der Waals surface area contributed by atoms with Crippen molar-refractivity contribution < 1.29 is 9.59 Å². The molecule has 28 heavy (non-hydrogen) atoms. The Bertz CT molecular complexity index is 1080. The normalized spacial score (nSPS) is 10.4. The summed E-state index contributed by atoms with van der Waals surface area (Å²) in [5.74, 6) is -0.986. The lowest BCUT2D eigenvalue weighted by molar-refractivity contribution is -0.115. The zero-order valence-electron chi connectivity index (χ0n) is 15.1. The smallest absolute Gasteiger partial charge is 0.261 e. The van der Waals surface area contributed by atoms with Crippen LogP contribution in [0.1, 0.15) is 15.9 Å². The van der Waals surface area contributed by atoms with Gasteiger partial charge in [-0.1, -0.05) is 46.3 Å². The van der Waals surface area contributed by atoms with E-state index in [0.29, 0.717) is 11.4 Å². The summed E-state index contributed by atoms with van der Waals surface area (Å²) in [5, 5.41) is 5.20. The van der Waals surface area contributed by atoms with Crippen molar-refractivity contribution in [2.75, 3.05) is 11.9 Å². The molecule has 0 radical (unpaired) electrons. The van der Waals surface area contributed by atoms with Crippen LogP contribution in [0.4, 0.5) is 5.69 Å². The molecule has 1 heterocycles. The molecule has 3 N–H and O–H groups in total. The van der Waals surface area contributed by atoms with Crippen molar-refractivity contribution in [2.45, 2.75) is 6.92 Å². The summed E-state index contributed by atoms with van der Waals surface area (Å²) in [4.78, 5) is 39.3. The van der Waals surface area contributed by atoms with Crippen molar-refractivity contribution in [3.05, 3.63) is 86.6 Å². The van der Waals surface area contributed by atoms with Crippen molar-refractivity contribution >= 4 is 33.4 Å². The van der Waals surface area contributed by atoms with Crippen LogP contribution in [0.25, 0.3) is 11.3 Å². The Morgan fingerprint density at radius 3 is 2.46 bits per heavy atom. The van der Waals surface area contributed by atoms with E-state index in [-0.39, 0.29) is 18.0 Å². The van der Waals surface area contributed by atoms with Gasteiger partial charge in [0.25, 0.3) is 11.5 Å². The van der Waals surface area contributed by atoms with Crippen molar-refractivity contribution in [1.82, 2.24) is 10.3 Å². The molecule has 2 amide bonds. The van der Waals surface area contributed by atoms with Gasteiger partial charge in [0.15, 0.2) is 0 Å². The average molecular weight is 440 g/mol. The first kappa shape index (κ1) is 19.6. The third kappa shape index (κ3) is 4.75. The maximum atomic E-state index is 12.3. The Morgan fingerprint density at radius 1 is 1.04 bits per heavy atom. The molecule has 0 aliphatic heterocycles. The van der Waals surface area contributed by atoms with Gasteiger partial charge in [-0.15, -0.1) is 0 Å². The van der Waals surface area contributed by atoms with Gasteiger partial charge in [-0.05, 0) is 48.4 Å². The number of aromatic amines is 1. The summed E-state index contributed by atoms with van der Waals surface area (Å²) >= 11 is 3.36. The lowest BCUT2D eigenvalue weighted by Crippen LogP contribution is -2.35. The van der Waals surface area contributed by atoms with E-state index in [4.69, 9.17) is 0 Å². The average Bonchev–Trinajstić information content (AvgIpc) is 2.69. The first-order valence-electron chi connectivity index (χ1n) is 8.57. The summed E-state index contributed by atoms with van der Waals surface area (Å²) in [7, 11) is 0. The number of nitrogens with one attached hydrogen (secondary N) is 3. The molecule has 1 aromatic heterocycles. The monoisotopic (exact) mass is 439 g/mol. The number of hydrogen-bond acceptors (Lipinski definition) is 3. The molecule has 0 saturated heterocycles. The van der Waals surface area contributed by atoms with Crippen LogP contribution in [0.2, 0.25) is 0 Å². The molecule has 6 nitrogen and oxygen atoms in total. The molecule has 3 aromatic rings. The van der Waals surface area contributed by atoms with Crippen LogP contribution < -0.4 is 16.2 Å². The van der Waals surface area contributed by atoms with Crippen LogP contribution in [-0.4, -0.2) is 23.3 Å². The zero-order valence-corrected chi connectivity index (χ0v) is 16.7. The molecule has 2 aromatic carbocycles. The third-order valence-electron chi connectivity index (χ3n) is 4.11. The molecule has 7 heteroatoms. The van der Waals surface area contributed by atoms with E-state index in [9.17, 15) is 14.4 Å².